The van der Waals surface area contributed by atoms with Gasteiger partial charge in [0.05, 0.1) is 20.6 Å². The highest BCUT2D eigenvalue weighted by molar-refractivity contribution is 6.10. The van der Waals surface area contributed by atoms with Gasteiger partial charge in [0.1, 0.15) is 5.75 Å². The van der Waals surface area contributed by atoms with Gasteiger partial charge in [-0.05, 0) is 77.6 Å². The van der Waals surface area contributed by atoms with Crippen LogP contribution in [0.5, 0.6) is 28.7 Å². The zero-order valence-corrected chi connectivity index (χ0v) is 22.3. The molecule has 0 aliphatic carbocycles. The van der Waals surface area contributed by atoms with E-state index < -0.39 is 0 Å². The van der Waals surface area contributed by atoms with Crippen LogP contribution in [0.3, 0.4) is 0 Å². The minimum atomic E-state index is -0.347. The lowest BCUT2D eigenvalue weighted by atomic mass is 10.0. The Morgan fingerprint density at radius 1 is 0.737 bits per heavy atom. The van der Waals surface area contributed by atoms with Crippen molar-refractivity contribution in [2.45, 2.75) is 33.1 Å². The van der Waals surface area contributed by atoms with Crippen LogP contribution in [-0.4, -0.2) is 41.1 Å². The second kappa shape index (κ2) is 14.3. The van der Waals surface area contributed by atoms with Crippen LogP contribution in [0, 0.1) is 6.92 Å². The van der Waals surface area contributed by atoms with E-state index in [0.717, 1.165) is 5.56 Å². The highest BCUT2D eigenvalue weighted by Gasteiger charge is 2.06. The topological polar surface area (TPSA) is 113 Å². The van der Waals surface area contributed by atoms with Gasteiger partial charge < -0.3 is 24.8 Å². The van der Waals surface area contributed by atoms with Crippen molar-refractivity contribution in [1.82, 2.24) is 0 Å². The number of phenols is 3. The van der Waals surface area contributed by atoms with Gasteiger partial charge in [-0.2, -0.15) is 0 Å². The van der Waals surface area contributed by atoms with Crippen LogP contribution >= 0.6 is 0 Å². The van der Waals surface area contributed by atoms with Crippen molar-refractivity contribution in [3.8, 4) is 28.7 Å². The lowest BCUT2D eigenvalue weighted by Crippen LogP contribution is -2.01. The smallest absolute Gasteiger partial charge is 0.163 e. The number of allylic oxidation sites excluding steroid dienone is 2. The predicted molar refractivity (Wildman–Crippen MR) is 149 cm³/mol. The van der Waals surface area contributed by atoms with E-state index in [1.54, 1.807) is 36.4 Å². The maximum Gasteiger partial charge on any atom is 0.163 e. The number of aryl methyl sites for hydroxylation is 1. The maximum atomic E-state index is 11.9. The number of carbonyl (C=O) groups is 2. The van der Waals surface area contributed by atoms with Crippen molar-refractivity contribution in [3.63, 3.8) is 0 Å². The zero-order chi connectivity index (χ0) is 28.2. The molecule has 38 heavy (non-hydrogen) atoms. The Morgan fingerprint density at radius 3 is 1.61 bits per heavy atom. The number of ketones is 2. The summed E-state index contributed by atoms with van der Waals surface area (Å²) in [5, 5.41) is 28.4. The lowest BCUT2D eigenvalue weighted by molar-refractivity contribution is -0.121. The first kappa shape index (κ1) is 29.7. The third-order valence-corrected chi connectivity index (χ3v) is 5.58. The molecule has 0 radical (unpaired) electrons. The van der Waals surface area contributed by atoms with Gasteiger partial charge >= 0.3 is 0 Å². The molecule has 0 atom stereocenters. The molecule has 3 rings (SSSR count). The quantitative estimate of drug-likeness (QED) is 0.228. The molecular formula is C31H34O7. The third-order valence-electron chi connectivity index (χ3n) is 5.58. The normalized spacial score (nSPS) is 10.9. The molecule has 7 nitrogen and oxygen atoms in total. The monoisotopic (exact) mass is 518 g/mol. The molecule has 0 aliphatic rings. The molecule has 0 unspecified atom stereocenters. The third kappa shape index (κ3) is 9.17. The minimum absolute atomic E-state index is 0.00662. The number of hydrogen-bond acceptors (Lipinski definition) is 7. The molecule has 0 bridgehead atoms. The van der Waals surface area contributed by atoms with Crippen molar-refractivity contribution in [2.75, 3.05) is 14.2 Å². The maximum absolute atomic E-state index is 11.9. The molecule has 3 aromatic rings. The summed E-state index contributed by atoms with van der Waals surface area (Å²) in [7, 11) is 2.87. The first-order valence-corrected chi connectivity index (χ1v) is 12.0. The molecule has 0 amide bonds. The second-order valence-electron chi connectivity index (χ2n) is 8.84. The molecule has 0 aromatic heterocycles. The Morgan fingerprint density at radius 2 is 1.21 bits per heavy atom. The molecule has 0 fully saturated rings. The Kier molecular flexibility index (Phi) is 11.2. The lowest BCUT2D eigenvalue weighted by Gasteiger charge is -2.06. The number of aromatic hydroxyl groups is 3. The van der Waals surface area contributed by atoms with Crippen molar-refractivity contribution in [3.05, 3.63) is 89.0 Å². The summed E-state index contributed by atoms with van der Waals surface area (Å²) in [6, 6.07) is 15.2. The predicted octanol–water partition coefficient (Wildman–Crippen LogP) is 6.19. The summed E-state index contributed by atoms with van der Waals surface area (Å²) in [4.78, 5) is 23.9. The first-order chi connectivity index (χ1) is 18.0. The zero-order valence-electron chi connectivity index (χ0n) is 22.3. The number of rotatable bonds is 9. The van der Waals surface area contributed by atoms with Gasteiger partial charge in [-0.1, -0.05) is 50.3 Å². The Balaban J connectivity index is 0.000000384. The van der Waals surface area contributed by atoms with Crippen LogP contribution in [-0.2, 0) is 9.59 Å². The largest absolute Gasteiger partial charge is 0.508 e. The fourth-order valence-electron chi connectivity index (χ4n) is 3.25. The van der Waals surface area contributed by atoms with E-state index in [1.165, 1.54) is 44.1 Å². The van der Waals surface area contributed by atoms with E-state index in [4.69, 9.17) is 9.47 Å². The Labute approximate surface area is 223 Å². The van der Waals surface area contributed by atoms with Crippen LogP contribution < -0.4 is 9.47 Å². The minimum Gasteiger partial charge on any atom is -0.508 e. The molecule has 0 aliphatic heterocycles. The van der Waals surface area contributed by atoms with E-state index >= 15 is 0 Å². The van der Waals surface area contributed by atoms with Gasteiger partial charge in [0.15, 0.2) is 34.6 Å². The van der Waals surface area contributed by atoms with E-state index in [-0.39, 0.29) is 29.5 Å². The first-order valence-electron chi connectivity index (χ1n) is 12.0. The fourth-order valence-corrected chi connectivity index (χ4v) is 3.25. The van der Waals surface area contributed by atoms with Crippen LogP contribution in [0.25, 0.3) is 12.2 Å². The van der Waals surface area contributed by atoms with Crippen LogP contribution in [0.1, 0.15) is 48.4 Å². The average molecular weight is 519 g/mol. The van der Waals surface area contributed by atoms with Gasteiger partial charge in [0, 0.05) is 0 Å². The number of hydrogen-bond donors (Lipinski definition) is 3. The SMILES string of the molecule is COc1cc(/C=C/C(=O)CC(=O)/C=C/c2ccc(O)c(OC)c2)ccc1O.Cc1ccc(C(C)C)cc1O. The molecule has 3 aromatic carbocycles. The van der Waals surface area contributed by atoms with Gasteiger partial charge in [-0.15, -0.1) is 0 Å². The van der Waals surface area contributed by atoms with Gasteiger partial charge in [-0.3, -0.25) is 9.59 Å². The van der Waals surface area contributed by atoms with Crippen molar-refractivity contribution < 1.29 is 34.4 Å². The van der Waals surface area contributed by atoms with E-state index in [9.17, 15) is 24.9 Å². The van der Waals surface area contributed by atoms with Crippen LogP contribution in [0.2, 0.25) is 0 Å². The number of ether oxygens (including phenoxy) is 2. The summed E-state index contributed by atoms with van der Waals surface area (Å²) in [5.74, 6) is 0.804. The van der Waals surface area contributed by atoms with Crippen molar-refractivity contribution in [1.29, 1.82) is 0 Å². The van der Waals surface area contributed by atoms with E-state index in [1.807, 2.05) is 19.1 Å². The summed E-state index contributed by atoms with van der Waals surface area (Å²) in [6.45, 7) is 6.13. The van der Waals surface area contributed by atoms with E-state index in [2.05, 4.69) is 19.9 Å². The number of carbonyl (C=O) groups excluding carboxylic acids is 2. The molecule has 3 N–H and O–H groups in total. The van der Waals surface area contributed by atoms with E-state index in [0.29, 0.717) is 34.3 Å². The van der Waals surface area contributed by atoms with Crippen molar-refractivity contribution >= 4 is 23.7 Å². The van der Waals surface area contributed by atoms with Gasteiger partial charge in [-0.25, -0.2) is 0 Å². The second-order valence-corrected chi connectivity index (χ2v) is 8.84. The van der Waals surface area contributed by atoms with Gasteiger partial charge in [0.25, 0.3) is 0 Å². The highest BCUT2D eigenvalue weighted by atomic mass is 16.5. The molecule has 0 heterocycles. The van der Waals surface area contributed by atoms with Gasteiger partial charge in [0.2, 0.25) is 0 Å². The summed E-state index contributed by atoms with van der Waals surface area (Å²) in [6.07, 6.45) is 5.44. The molecule has 0 spiro atoms. The van der Waals surface area contributed by atoms with Crippen LogP contribution in [0.4, 0.5) is 0 Å². The summed E-state index contributed by atoms with van der Waals surface area (Å²) >= 11 is 0. The van der Waals surface area contributed by atoms with Crippen LogP contribution in [0.15, 0.2) is 66.7 Å². The fraction of sp³-hybridized carbons (Fsp3) is 0.226. The number of phenolic OH excluding ortho intramolecular Hbond substituents is 3. The molecule has 7 heteroatoms. The molecule has 0 saturated carbocycles. The molecule has 0 saturated heterocycles. The number of benzene rings is 3. The Bertz CT molecular complexity index is 1250. The summed E-state index contributed by atoms with van der Waals surface area (Å²) in [5.41, 5.74) is 3.46. The standard InChI is InChI=1S/C21H20O6.C10H14O/c1-26-20-11-14(5-9-18(20)24)3-7-16(22)13-17(23)8-4-15-6-10-19(25)21(12-15)27-2;1-7(2)9-5-4-8(3)10(11)6-9/h3-12,24-25H,13H2,1-2H3;4-7,11H,1-3H3/b7-3+,8-4+;. The molecule has 200 valence electrons. The molecular weight excluding hydrogens is 484 g/mol. The highest BCUT2D eigenvalue weighted by Crippen LogP contribution is 2.28. The Hall–Kier alpha value is -4.52. The number of methoxy groups -OCH3 is 2. The average Bonchev–Trinajstić information content (AvgIpc) is 2.89. The van der Waals surface area contributed by atoms with Crippen molar-refractivity contribution in [2.24, 2.45) is 0 Å². The summed E-state index contributed by atoms with van der Waals surface area (Å²) < 4.78 is 10.00.